The van der Waals surface area contributed by atoms with Gasteiger partial charge in [0.25, 0.3) is 5.91 Å². The van der Waals surface area contributed by atoms with E-state index < -0.39 is 6.04 Å². The van der Waals surface area contributed by atoms with Crippen LogP contribution in [0.1, 0.15) is 22.6 Å². The molecule has 1 atom stereocenters. The highest BCUT2D eigenvalue weighted by Crippen LogP contribution is 2.13. The number of aromatic amines is 1. The van der Waals surface area contributed by atoms with Crippen LogP contribution in [0.5, 0.6) is 0 Å². The van der Waals surface area contributed by atoms with Crippen LogP contribution in [0.4, 0.5) is 0 Å². The zero-order valence-electron chi connectivity index (χ0n) is 12.8. The van der Waals surface area contributed by atoms with Gasteiger partial charge in [-0.3, -0.25) is 14.7 Å². The van der Waals surface area contributed by atoms with Crippen LogP contribution in [0.3, 0.4) is 0 Å². The fourth-order valence-corrected chi connectivity index (χ4v) is 2.84. The molecule has 3 heterocycles. The normalized spacial score (nSPS) is 17.2. The second-order valence-corrected chi connectivity index (χ2v) is 5.75. The number of hydrogen-bond donors (Lipinski definition) is 3. The second kappa shape index (κ2) is 5.80. The summed E-state index contributed by atoms with van der Waals surface area (Å²) in [5.41, 5.74) is 3.00. The number of nitrogens with one attached hydrogen (secondary N) is 3. The molecule has 3 N–H and O–H groups in total. The van der Waals surface area contributed by atoms with Crippen LogP contribution in [0.2, 0.25) is 0 Å². The molecule has 3 aromatic rings. The van der Waals surface area contributed by atoms with Gasteiger partial charge in [0, 0.05) is 6.54 Å². The number of para-hydroxylation sites is 2. The Balaban J connectivity index is 1.48. The lowest BCUT2D eigenvalue weighted by molar-refractivity contribution is -0.120. The summed E-state index contributed by atoms with van der Waals surface area (Å²) >= 11 is 0. The topological polar surface area (TPSA) is 105 Å². The Labute approximate surface area is 137 Å². The molecule has 8 heteroatoms. The number of benzene rings is 1. The fraction of sp³-hybridized carbons (Fsp3) is 0.250. The Morgan fingerprint density at radius 3 is 3.08 bits per heavy atom. The van der Waals surface area contributed by atoms with E-state index in [4.69, 9.17) is 0 Å². The maximum atomic E-state index is 12.2. The number of aromatic nitrogens is 4. The average molecular weight is 324 g/mol. The number of carbonyl (C=O) groups excluding carboxylic acids is 2. The van der Waals surface area contributed by atoms with Crippen LogP contribution in [-0.4, -0.2) is 44.1 Å². The van der Waals surface area contributed by atoms with Crippen LogP contribution in [-0.2, 0) is 11.3 Å². The number of nitrogens with zero attached hydrogens (tertiary/aromatic N) is 3. The molecule has 1 aliphatic rings. The molecular formula is C16H16N6O2. The van der Waals surface area contributed by atoms with Gasteiger partial charge in [0.05, 0.1) is 29.6 Å². The molecule has 122 valence electrons. The zero-order valence-corrected chi connectivity index (χ0v) is 12.8. The summed E-state index contributed by atoms with van der Waals surface area (Å²) < 4.78 is 1.98. The molecule has 0 aliphatic carbocycles. The number of imidazole rings is 1. The van der Waals surface area contributed by atoms with Crippen LogP contribution < -0.4 is 10.6 Å². The number of carbonyl (C=O) groups is 2. The van der Waals surface area contributed by atoms with Gasteiger partial charge in [0.2, 0.25) is 5.91 Å². The largest absolute Gasteiger partial charge is 0.354 e. The molecule has 1 fully saturated rings. The SMILES string of the molecule is O=C(NC1CCNC1=O)c1cc(Cn2cnc3ccccc32)[nH]n1. The Bertz CT molecular complexity index is 912. The van der Waals surface area contributed by atoms with Crippen molar-refractivity contribution < 1.29 is 9.59 Å². The standard InChI is InChI=1S/C16H16N6O2/c23-15-12(5-6-17-15)19-16(24)13-7-10(20-21-13)8-22-9-18-11-3-1-2-4-14(11)22/h1-4,7,9,12H,5-6,8H2,(H,17,23)(H,19,24)(H,20,21). The number of rotatable bonds is 4. The van der Waals surface area contributed by atoms with Gasteiger partial charge in [-0.05, 0) is 24.6 Å². The van der Waals surface area contributed by atoms with Crippen molar-refractivity contribution in [3.63, 3.8) is 0 Å². The highest BCUT2D eigenvalue weighted by molar-refractivity contribution is 5.96. The molecule has 1 aromatic carbocycles. The summed E-state index contributed by atoms with van der Waals surface area (Å²) in [4.78, 5) is 28.0. The second-order valence-electron chi connectivity index (χ2n) is 5.75. The van der Waals surface area contributed by atoms with Crippen molar-refractivity contribution in [1.29, 1.82) is 0 Å². The smallest absolute Gasteiger partial charge is 0.272 e. The van der Waals surface area contributed by atoms with E-state index in [0.717, 1.165) is 16.7 Å². The Hall–Kier alpha value is -3.16. The van der Waals surface area contributed by atoms with E-state index in [1.165, 1.54) is 0 Å². The zero-order chi connectivity index (χ0) is 16.5. The van der Waals surface area contributed by atoms with Crippen molar-refractivity contribution in [3.05, 3.63) is 48.0 Å². The minimum atomic E-state index is -0.477. The first-order chi connectivity index (χ1) is 11.7. The molecule has 2 amide bonds. The summed E-state index contributed by atoms with van der Waals surface area (Å²) in [6, 6.07) is 9.05. The molecule has 0 saturated carbocycles. The Morgan fingerprint density at radius 1 is 1.38 bits per heavy atom. The van der Waals surface area contributed by atoms with Gasteiger partial charge in [0.1, 0.15) is 11.7 Å². The minimum Gasteiger partial charge on any atom is -0.354 e. The first-order valence-corrected chi connectivity index (χ1v) is 7.73. The van der Waals surface area contributed by atoms with Crippen molar-refractivity contribution in [2.45, 2.75) is 19.0 Å². The summed E-state index contributed by atoms with van der Waals surface area (Å²) in [5.74, 6) is -0.501. The van der Waals surface area contributed by atoms with E-state index in [2.05, 4.69) is 25.8 Å². The van der Waals surface area contributed by atoms with Crippen molar-refractivity contribution in [1.82, 2.24) is 30.4 Å². The van der Waals surface area contributed by atoms with E-state index in [-0.39, 0.29) is 17.5 Å². The van der Waals surface area contributed by atoms with E-state index in [0.29, 0.717) is 19.5 Å². The lowest BCUT2D eigenvalue weighted by Crippen LogP contribution is -2.40. The molecular weight excluding hydrogens is 308 g/mol. The Kier molecular flexibility index (Phi) is 3.49. The van der Waals surface area contributed by atoms with Crippen LogP contribution in [0.15, 0.2) is 36.7 Å². The molecule has 0 radical (unpaired) electrons. The Morgan fingerprint density at radius 2 is 2.25 bits per heavy atom. The maximum Gasteiger partial charge on any atom is 0.272 e. The fourth-order valence-electron chi connectivity index (χ4n) is 2.84. The molecule has 0 bridgehead atoms. The quantitative estimate of drug-likeness (QED) is 0.647. The number of amides is 2. The van der Waals surface area contributed by atoms with Gasteiger partial charge in [-0.2, -0.15) is 5.10 Å². The van der Waals surface area contributed by atoms with Gasteiger partial charge in [0.15, 0.2) is 0 Å². The van der Waals surface area contributed by atoms with Crippen molar-refractivity contribution >= 4 is 22.8 Å². The third kappa shape index (κ3) is 2.62. The van der Waals surface area contributed by atoms with Crippen LogP contribution in [0.25, 0.3) is 11.0 Å². The summed E-state index contributed by atoms with van der Waals surface area (Å²) in [7, 11) is 0. The third-order valence-corrected chi connectivity index (χ3v) is 4.09. The van der Waals surface area contributed by atoms with Crippen molar-refractivity contribution in [2.24, 2.45) is 0 Å². The molecule has 1 saturated heterocycles. The van der Waals surface area contributed by atoms with Crippen LogP contribution >= 0.6 is 0 Å². The minimum absolute atomic E-state index is 0.149. The summed E-state index contributed by atoms with van der Waals surface area (Å²) in [6.45, 7) is 1.12. The lowest BCUT2D eigenvalue weighted by Gasteiger charge is -2.07. The van der Waals surface area contributed by atoms with Crippen molar-refractivity contribution in [2.75, 3.05) is 6.54 Å². The van der Waals surface area contributed by atoms with Gasteiger partial charge in [-0.25, -0.2) is 4.98 Å². The molecule has 24 heavy (non-hydrogen) atoms. The monoisotopic (exact) mass is 324 g/mol. The predicted octanol–water partition coefficient (Wildman–Crippen LogP) is 0.426. The average Bonchev–Trinajstić information content (AvgIpc) is 3.30. The summed E-state index contributed by atoms with van der Waals surface area (Å²) in [6.07, 6.45) is 2.36. The number of fused-ring (bicyclic) bond motifs is 1. The molecule has 2 aromatic heterocycles. The highest BCUT2D eigenvalue weighted by Gasteiger charge is 2.26. The molecule has 4 rings (SSSR count). The van der Waals surface area contributed by atoms with Gasteiger partial charge >= 0.3 is 0 Å². The molecule has 1 aliphatic heterocycles. The lowest BCUT2D eigenvalue weighted by atomic mass is 10.2. The highest BCUT2D eigenvalue weighted by atomic mass is 16.2. The predicted molar refractivity (Wildman–Crippen MR) is 86.3 cm³/mol. The first-order valence-electron chi connectivity index (χ1n) is 7.73. The number of hydrogen-bond acceptors (Lipinski definition) is 4. The maximum absolute atomic E-state index is 12.2. The van der Waals surface area contributed by atoms with Gasteiger partial charge in [-0.1, -0.05) is 12.1 Å². The first kappa shape index (κ1) is 14.4. The summed E-state index contributed by atoms with van der Waals surface area (Å²) in [5, 5.41) is 12.3. The van der Waals surface area contributed by atoms with E-state index in [1.807, 2.05) is 28.8 Å². The van der Waals surface area contributed by atoms with Crippen molar-refractivity contribution in [3.8, 4) is 0 Å². The molecule has 8 nitrogen and oxygen atoms in total. The van der Waals surface area contributed by atoms with Crippen LogP contribution in [0, 0.1) is 0 Å². The third-order valence-electron chi connectivity index (χ3n) is 4.09. The molecule has 0 spiro atoms. The van der Waals surface area contributed by atoms with E-state index >= 15 is 0 Å². The van der Waals surface area contributed by atoms with Gasteiger partial charge < -0.3 is 15.2 Å². The number of H-pyrrole nitrogens is 1. The molecule has 1 unspecified atom stereocenters. The van der Waals surface area contributed by atoms with Gasteiger partial charge in [-0.15, -0.1) is 0 Å². The van der Waals surface area contributed by atoms with E-state index in [9.17, 15) is 9.59 Å². The van der Waals surface area contributed by atoms with E-state index in [1.54, 1.807) is 12.4 Å².